The summed E-state index contributed by atoms with van der Waals surface area (Å²) in [6.45, 7) is 2.40. The SMILES string of the molecule is CC1CCC2(C1)CC1CCC2O1. The molecule has 3 rings (SSSR count). The molecule has 0 aromatic carbocycles. The molecule has 4 unspecified atom stereocenters. The van der Waals surface area contributed by atoms with E-state index in [4.69, 9.17) is 4.74 Å². The van der Waals surface area contributed by atoms with E-state index in [9.17, 15) is 0 Å². The van der Waals surface area contributed by atoms with Crippen LogP contribution in [0.3, 0.4) is 0 Å². The number of hydrogen-bond acceptors (Lipinski definition) is 1. The number of rotatable bonds is 0. The Bertz CT molecular complexity index is 197. The molecule has 1 heteroatoms. The van der Waals surface area contributed by atoms with Crippen molar-refractivity contribution in [2.24, 2.45) is 11.3 Å². The summed E-state index contributed by atoms with van der Waals surface area (Å²) < 4.78 is 5.96. The highest BCUT2D eigenvalue weighted by Crippen LogP contribution is 2.57. The van der Waals surface area contributed by atoms with Crippen LogP contribution in [-0.4, -0.2) is 12.2 Å². The van der Waals surface area contributed by atoms with Gasteiger partial charge in [-0.2, -0.15) is 0 Å². The maximum atomic E-state index is 5.96. The zero-order valence-corrected chi connectivity index (χ0v) is 7.88. The number of hydrogen-bond donors (Lipinski definition) is 0. The molecule has 0 N–H and O–H groups in total. The first kappa shape index (κ1) is 7.37. The van der Waals surface area contributed by atoms with Gasteiger partial charge in [-0.15, -0.1) is 0 Å². The largest absolute Gasteiger partial charge is 0.374 e. The lowest BCUT2D eigenvalue weighted by Gasteiger charge is -2.30. The minimum Gasteiger partial charge on any atom is -0.374 e. The van der Waals surface area contributed by atoms with Gasteiger partial charge in [0.05, 0.1) is 12.2 Å². The Morgan fingerprint density at radius 2 is 2.08 bits per heavy atom. The maximum absolute atomic E-state index is 5.96. The third kappa shape index (κ3) is 0.834. The highest BCUT2D eigenvalue weighted by Gasteiger charge is 2.54. The van der Waals surface area contributed by atoms with E-state index in [0.29, 0.717) is 17.6 Å². The van der Waals surface area contributed by atoms with Crippen LogP contribution in [0.5, 0.6) is 0 Å². The Balaban J connectivity index is 1.84. The minimum atomic E-state index is 0.653. The van der Waals surface area contributed by atoms with Crippen molar-refractivity contribution in [2.75, 3.05) is 0 Å². The quantitative estimate of drug-likeness (QED) is 0.537. The van der Waals surface area contributed by atoms with Crippen LogP contribution in [0.25, 0.3) is 0 Å². The van der Waals surface area contributed by atoms with Gasteiger partial charge in [0.15, 0.2) is 0 Å². The fourth-order valence-corrected chi connectivity index (χ4v) is 3.80. The minimum absolute atomic E-state index is 0.653. The lowest BCUT2D eigenvalue weighted by molar-refractivity contribution is 0.0616. The summed E-state index contributed by atoms with van der Waals surface area (Å²) in [6.07, 6.45) is 9.77. The molecule has 3 aliphatic rings. The fraction of sp³-hybridized carbons (Fsp3) is 1.00. The lowest BCUT2D eigenvalue weighted by Crippen LogP contribution is -2.29. The summed E-state index contributed by atoms with van der Waals surface area (Å²) in [5.41, 5.74) is 0.655. The summed E-state index contributed by atoms with van der Waals surface area (Å²) in [4.78, 5) is 0. The second-order valence-electron chi connectivity index (χ2n) is 5.24. The standard InChI is InChI=1S/C11H18O/c1-8-4-5-11(6-8)7-9-2-3-10(11)12-9/h8-10H,2-7H2,1H3. The molecule has 2 saturated heterocycles. The molecule has 0 aromatic rings. The molecule has 1 spiro atoms. The van der Waals surface area contributed by atoms with E-state index in [0.717, 1.165) is 5.92 Å². The smallest absolute Gasteiger partial charge is 0.0637 e. The molecule has 0 radical (unpaired) electrons. The summed E-state index contributed by atoms with van der Waals surface area (Å²) >= 11 is 0. The van der Waals surface area contributed by atoms with Crippen LogP contribution in [0.15, 0.2) is 0 Å². The second-order valence-corrected chi connectivity index (χ2v) is 5.24. The van der Waals surface area contributed by atoms with Crippen molar-refractivity contribution >= 4 is 0 Å². The molecule has 0 aromatic heterocycles. The summed E-state index contributed by atoms with van der Waals surface area (Å²) in [5.74, 6) is 0.966. The Morgan fingerprint density at radius 3 is 2.58 bits per heavy atom. The van der Waals surface area contributed by atoms with Crippen molar-refractivity contribution in [2.45, 2.75) is 57.7 Å². The molecule has 1 saturated carbocycles. The van der Waals surface area contributed by atoms with E-state index in [1.807, 2.05) is 0 Å². The molecular formula is C11H18O. The molecule has 68 valence electrons. The van der Waals surface area contributed by atoms with Gasteiger partial charge in [0.25, 0.3) is 0 Å². The molecular weight excluding hydrogens is 148 g/mol. The zero-order valence-electron chi connectivity index (χ0n) is 7.88. The van der Waals surface area contributed by atoms with Gasteiger partial charge in [0.2, 0.25) is 0 Å². The zero-order chi connectivity index (χ0) is 8.18. The highest BCUT2D eigenvalue weighted by molar-refractivity contribution is 5.03. The third-order valence-corrected chi connectivity index (χ3v) is 4.31. The molecule has 2 heterocycles. The van der Waals surface area contributed by atoms with Gasteiger partial charge in [-0.05, 0) is 43.4 Å². The van der Waals surface area contributed by atoms with Crippen molar-refractivity contribution in [1.29, 1.82) is 0 Å². The third-order valence-electron chi connectivity index (χ3n) is 4.31. The van der Waals surface area contributed by atoms with E-state index < -0.39 is 0 Å². The van der Waals surface area contributed by atoms with E-state index >= 15 is 0 Å². The van der Waals surface area contributed by atoms with Gasteiger partial charge in [-0.25, -0.2) is 0 Å². The Labute approximate surface area is 74.5 Å². The van der Waals surface area contributed by atoms with E-state index in [1.165, 1.54) is 38.5 Å². The monoisotopic (exact) mass is 166 g/mol. The van der Waals surface area contributed by atoms with Crippen LogP contribution < -0.4 is 0 Å². The highest BCUT2D eigenvalue weighted by atomic mass is 16.5. The van der Waals surface area contributed by atoms with Crippen molar-refractivity contribution in [3.05, 3.63) is 0 Å². The van der Waals surface area contributed by atoms with Crippen LogP contribution in [0.4, 0.5) is 0 Å². The van der Waals surface area contributed by atoms with Crippen LogP contribution in [0, 0.1) is 11.3 Å². The lowest BCUT2D eigenvalue weighted by atomic mass is 9.72. The van der Waals surface area contributed by atoms with E-state index in [1.54, 1.807) is 0 Å². The number of ether oxygens (including phenoxy) is 1. The van der Waals surface area contributed by atoms with Gasteiger partial charge < -0.3 is 4.74 Å². The molecule has 12 heavy (non-hydrogen) atoms. The van der Waals surface area contributed by atoms with Crippen LogP contribution in [0.2, 0.25) is 0 Å². The van der Waals surface area contributed by atoms with Crippen molar-refractivity contribution in [3.63, 3.8) is 0 Å². The molecule has 4 atom stereocenters. The Kier molecular flexibility index (Phi) is 1.39. The predicted molar refractivity (Wildman–Crippen MR) is 48.0 cm³/mol. The molecule has 1 aliphatic carbocycles. The van der Waals surface area contributed by atoms with Gasteiger partial charge in [-0.1, -0.05) is 13.3 Å². The first-order valence-corrected chi connectivity index (χ1v) is 5.44. The Morgan fingerprint density at radius 1 is 1.17 bits per heavy atom. The maximum Gasteiger partial charge on any atom is 0.0637 e. The fourth-order valence-electron chi connectivity index (χ4n) is 3.80. The normalized spacial score (nSPS) is 57.2. The summed E-state index contributed by atoms with van der Waals surface area (Å²) in [7, 11) is 0. The molecule has 2 aliphatic heterocycles. The first-order chi connectivity index (χ1) is 5.78. The second kappa shape index (κ2) is 2.25. The van der Waals surface area contributed by atoms with Crippen LogP contribution in [-0.2, 0) is 4.74 Å². The molecule has 3 fully saturated rings. The topological polar surface area (TPSA) is 9.23 Å². The number of fused-ring (bicyclic) bond motifs is 3. The van der Waals surface area contributed by atoms with Gasteiger partial charge in [-0.3, -0.25) is 0 Å². The van der Waals surface area contributed by atoms with Crippen LogP contribution in [0.1, 0.15) is 45.4 Å². The van der Waals surface area contributed by atoms with Crippen molar-refractivity contribution < 1.29 is 4.74 Å². The summed E-state index contributed by atoms with van der Waals surface area (Å²) in [6, 6.07) is 0. The molecule has 0 amide bonds. The molecule has 1 nitrogen and oxygen atoms in total. The average molecular weight is 166 g/mol. The summed E-state index contributed by atoms with van der Waals surface area (Å²) in [5, 5.41) is 0. The van der Waals surface area contributed by atoms with Crippen molar-refractivity contribution in [3.8, 4) is 0 Å². The van der Waals surface area contributed by atoms with E-state index in [2.05, 4.69) is 6.92 Å². The van der Waals surface area contributed by atoms with Crippen LogP contribution >= 0.6 is 0 Å². The van der Waals surface area contributed by atoms with E-state index in [-0.39, 0.29) is 0 Å². The predicted octanol–water partition coefficient (Wildman–Crippen LogP) is 2.74. The van der Waals surface area contributed by atoms with Gasteiger partial charge in [0, 0.05) is 0 Å². The Hall–Kier alpha value is -0.0400. The van der Waals surface area contributed by atoms with Gasteiger partial charge >= 0.3 is 0 Å². The first-order valence-electron chi connectivity index (χ1n) is 5.44. The van der Waals surface area contributed by atoms with Crippen molar-refractivity contribution in [1.82, 2.24) is 0 Å². The van der Waals surface area contributed by atoms with Gasteiger partial charge in [0.1, 0.15) is 0 Å². The average Bonchev–Trinajstić information content (AvgIpc) is 2.67. The molecule has 2 bridgehead atoms.